The molecular weight excluding hydrogens is 699 g/mol. The number of allylic oxidation sites excluding steroid dienone is 2. The van der Waals surface area contributed by atoms with E-state index in [0.717, 1.165) is 33.8 Å². The number of anilines is 3. The van der Waals surface area contributed by atoms with Gasteiger partial charge in [-0.25, -0.2) is 0 Å². The van der Waals surface area contributed by atoms with Gasteiger partial charge in [0.2, 0.25) is 0 Å². The Morgan fingerprint density at radius 3 is 1.52 bits per heavy atom. The molecule has 1 heteroatoms. The SMILES string of the molecule is [2H]C1(c2ccc(-c3ccccc3N(c3ccc4c(c3)C(C)(C)c3ccccc3-4)c3ccc4c(c3)C3(c5ccccc5-4)c4cc(C)ccc4-c4ccc(C)cc43)cc2)C=C1. The molecule has 0 unspecified atom stereocenters. The summed E-state index contributed by atoms with van der Waals surface area (Å²) in [4.78, 5) is 2.50. The lowest BCUT2D eigenvalue weighted by molar-refractivity contribution is 0.660. The van der Waals surface area contributed by atoms with Gasteiger partial charge >= 0.3 is 0 Å². The molecule has 1 nitrogen and oxygen atoms in total. The van der Waals surface area contributed by atoms with Crippen molar-refractivity contribution in [3.63, 3.8) is 0 Å². The zero-order valence-corrected chi connectivity index (χ0v) is 33.3. The lowest BCUT2D eigenvalue weighted by Crippen LogP contribution is -2.26. The molecule has 58 heavy (non-hydrogen) atoms. The van der Waals surface area contributed by atoms with E-state index in [0.29, 0.717) is 0 Å². The maximum Gasteiger partial charge on any atom is 0.0726 e. The van der Waals surface area contributed by atoms with Crippen molar-refractivity contribution in [3.05, 3.63) is 232 Å². The summed E-state index contributed by atoms with van der Waals surface area (Å²) in [5.74, 6) is -0.675. The van der Waals surface area contributed by atoms with Crippen LogP contribution in [0, 0.1) is 13.8 Å². The Hall–Kier alpha value is -6.70. The first-order valence-electron chi connectivity index (χ1n) is 21.1. The monoisotopic (exact) mass is 742 g/mol. The topological polar surface area (TPSA) is 3.24 Å². The normalized spacial score (nSPS) is 16.2. The maximum absolute atomic E-state index is 8.71. The second-order valence-corrected chi connectivity index (χ2v) is 17.2. The molecule has 0 fully saturated rings. The molecule has 1 spiro atoms. The van der Waals surface area contributed by atoms with E-state index in [1.165, 1.54) is 77.9 Å². The largest absolute Gasteiger partial charge is 0.310 e. The van der Waals surface area contributed by atoms with Gasteiger partial charge in [0.15, 0.2) is 0 Å². The molecule has 0 radical (unpaired) electrons. The molecule has 0 saturated carbocycles. The molecule has 0 saturated heterocycles. The van der Waals surface area contributed by atoms with Crippen LogP contribution in [0.25, 0.3) is 44.5 Å². The third-order valence-electron chi connectivity index (χ3n) is 13.6. The molecule has 12 rings (SSSR count). The highest BCUT2D eigenvalue weighted by atomic mass is 15.1. The smallest absolute Gasteiger partial charge is 0.0726 e. The van der Waals surface area contributed by atoms with Crippen LogP contribution in [0.4, 0.5) is 17.1 Å². The first-order valence-corrected chi connectivity index (χ1v) is 20.6. The highest BCUT2D eigenvalue weighted by Crippen LogP contribution is 2.64. The zero-order valence-electron chi connectivity index (χ0n) is 34.3. The van der Waals surface area contributed by atoms with E-state index in [1.807, 2.05) is 12.2 Å². The summed E-state index contributed by atoms with van der Waals surface area (Å²) in [5.41, 5.74) is 24.6. The van der Waals surface area contributed by atoms with Gasteiger partial charge in [-0.2, -0.15) is 0 Å². The third-order valence-corrected chi connectivity index (χ3v) is 13.6. The fourth-order valence-electron chi connectivity index (χ4n) is 10.8. The number of rotatable bonds is 5. The van der Waals surface area contributed by atoms with Crippen LogP contribution >= 0.6 is 0 Å². The lowest BCUT2D eigenvalue weighted by Gasteiger charge is -2.33. The fraction of sp³-hybridized carbons (Fsp3) is 0.123. The highest BCUT2D eigenvalue weighted by Gasteiger charge is 2.52. The lowest BCUT2D eigenvalue weighted by atomic mass is 9.70. The fourth-order valence-corrected chi connectivity index (χ4v) is 10.8. The van der Waals surface area contributed by atoms with Crippen LogP contribution < -0.4 is 4.90 Å². The van der Waals surface area contributed by atoms with Gasteiger partial charge in [0.25, 0.3) is 0 Å². The molecular formula is C57H43N. The van der Waals surface area contributed by atoms with Crippen molar-refractivity contribution in [3.8, 4) is 44.5 Å². The van der Waals surface area contributed by atoms with Gasteiger partial charge in [-0.15, -0.1) is 0 Å². The molecule has 0 aromatic heterocycles. The zero-order chi connectivity index (χ0) is 39.8. The Labute approximate surface area is 343 Å². The quantitative estimate of drug-likeness (QED) is 0.159. The number of benzene rings is 8. The van der Waals surface area contributed by atoms with Gasteiger partial charge in [-0.1, -0.05) is 177 Å². The van der Waals surface area contributed by atoms with Gasteiger partial charge < -0.3 is 4.90 Å². The predicted octanol–water partition coefficient (Wildman–Crippen LogP) is 14.7. The summed E-state index contributed by atoms with van der Waals surface area (Å²) < 4.78 is 8.71. The molecule has 4 aliphatic rings. The van der Waals surface area contributed by atoms with E-state index in [9.17, 15) is 0 Å². The van der Waals surface area contributed by atoms with Crippen molar-refractivity contribution < 1.29 is 1.37 Å². The second-order valence-electron chi connectivity index (χ2n) is 17.2. The number of hydrogen-bond acceptors (Lipinski definition) is 1. The molecule has 8 aromatic rings. The van der Waals surface area contributed by atoms with Crippen LogP contribution in [0.3, 0.4) is 0 Å². The average Bonchev–Trinajstić information content (AvgIpc) is 3.79. The number of nitrogens with zero attached hydrogens (tertiary/aromatic N) is 1. The van der Waals surface area contributed by atoms with Crippen molar-refractivity contribution >= 4 is 17.1 Å². The minimum Gasteiger partial charge on any atom is -0.310 e. The first kappa shape index (κ1) is 32.4. The Morgan fingerprint density at radius 1 is 0.431 bits per heavy atom. The first-order chi connectivity index (χ1) is 28.7. The summed E-state index contributed by atoms with van der Waals surface area (Å²) in [7, 11) is 0. The van der Waals surface area contributed by atoms with E-state index in [2.05, 4.69) is 202 Å². The average molecular weight is 743 g/mol. The van der Waals surface area contributed by atoms with E-state index in [1.54, 1.807) is 0 Å². The predicted molar refractivity (Wildman–Crippen MR) is 242 cm³/mol. The summed E-state index contributed by atoms with van der Waals surface area (Å²) in [6, 6.07) is 63.9. The van der Waals surface area contributed by atoms with Gasteiger partial charge in [-0.05, 0) is 122 Å². The van der Waals surface area contributed by atoms with Gasteiger partial charge in [0, 0.05) is 29.6 Å². The highest BCUT2D eigenvalue weighted by molar-refractivity contribution is 5.98. The molecule has 0 N–H and O–H groups in total. The second kappa shape index (κ2) is 11.9. The molecule has 0 bridgehead atoms. The molecule has 0 aliphatic heterocycles. The Morgan fingerprint density at radius 2 is 0.897 bits per heavy atom. The van der Waals surface area contributed by atoms with E-state index >= 15 is 0 Å². The van der Waals surface area contributed by atoms with Crippen LogP contribution in [0.15, 0.2) is 182 Å². The molecule has 276 valence electrons. The van der Waals surface area contributed by atoms with E-state index in [-0.39, 0.29) is 5.41 Å². The minimum atomic E-state index is -0.675. The van der Waals surface area contributed by atoms with Crippen LogP contribution in [0.5, 0.6) is 0 Å². The standard InChI is InChI=1S/C57H43N/c1-35-17-27-46-47-28-18-36(2)32-53(47)57(52(46)31-35)50-15-9-6-13-44(50)48-30-26-41(34-54(48)57)58(40-25-29-45-43-12-5-8-14-49(43)56(3,4)51(45)33-40)55-16-10-7-11-42(55)39-23-21-38(22-24-39)37-19-20-37/h5-34,37H,1-4H3/i37D. The minimum absolute atomic E-state index is 0.150. The van der Waals surface area contributed by atoms with Crippen LogP contribution in [-0.4, -0.2) is 0 Å². The molecule has 0 amide bonds. The summed E-state index contributed by atoms with van der Waals surface area (Å²) in [5, 5.41) is 0. The van der Waals surface area contributed by atoms with Crippen molar-refractivity contribution in [1.29, 1.82) is 0 Å². The number of aryl methyl sites for hydroxylation is 2. The molecule has 8 aromatic carbocycles. The summed E-state index contributed by atoms with van der Waals surface area (Å²) in [6.07, 6.45) is 3.90. The van der Waals surface area contributed by atoms with Crippen LogP contribution in [0.2, 0.25) is 0 Å². The number of hydrogen-bond donors (Lipinski definition) is 0. The summed E-state index contributed by atoms with van der Waals surface area (Å²) >= 11 is 0. The van der Waals surface area contributed by atoms with Crippen LogP contribution in [0.1, 0.15) is 71.2 Å². The van der Waals surface area contributed by atoms with Crippen LogP contribution in [-0.2, 0) is 10.8 Å². The maximum atomic E-state index is 8.71. The Balaban J connectivity index is 1.12. The van der Waals surface area contributed by atoms with Crippen molar-refractivity contribution in [2.45, 2.75) is 44.4 Å². The van der Waals surface area contributed by atoms with Gasteiger partial charge in [0.05, 0.1) is 11.1 Å². The molecule has 0 heterocycles. The Bertz CT molecular complexity index is 3070. The molecule has 0 atom stereocenters. The van der Waals surface area contributed by atoms with E-state index in [4.69, 9.17) is 1.37 Å². The van der Waals surface area contributed by atoms with Gasteiger partial charge in [0.1, 0.15) is 0 Å². The third kappa shape index (κ3) is 4.53. The van der Waals surface area contributed by atoms with Crippen molar-refractivity contribution in [2.24, 2.45) is 0 Å². The summed E-state index contributed by atoms with van der Waals surface area (Å²) in [6.45, 7) is 9.18. The molecule has 4 aliphatic carbocycles. The van der Waals surface area contributed by atoms with Crippen molar-refractivity contribution in [2.75, 3.05) is 4.90 Å². The number of fused-ring (bicyclic) bond motifs is 13. The van der Waals surface area contributed by atoms with Gasteiger partial charge in [-0.3, -0.25) is 0 Å². The van der Waals surface area contributed by atoms with Crippen molar-refractivity contribution in [1.82, 2.24) is 0 Å². The number of para-hydroxylation sites is 1. The Kier molecular flexibility index (Phi) is 6.65. The van der Waals surface area contributed by atoms with E-state index < -0.39 is 11.3 Å².